The van der Waals surface area contributed by atoms with Crippen LogP contribution in [0.15, 0.2) is 24.3 Å². The number of nitrogens with zero attached hydrogens (tertiary/aromatic N) is 4. The third kappa shape index (κ3) is 2.78. The van der Waals surface area contributed by atoms with E-state index >= 15 is 0 Å². The van der Waals surface area contributed by atoms with Gasteiger partial charge in [0.05, 0.1) is 19.3 Å². The second-order valence-electron chi connectivity index (χ2n) is 4.29. The lowest BCUT2D eigenvalue weighted by atomic mass is 10.1. The van der Waals surface area contributed by atoms with Crippen LogP contribution in [0.1, 0.15) is 11.3 Å². The minimum atomic E-state index is -0.934. The van der Waals surface area contributed by atoms with Crippen molar-refractivity contribution in [1.82, 2.24) is 15.0 Å². The number of nitriles is 1. The smallest absolute Gasteiger partial charge is 0.190 e. The summed E-state index contributed by atoms with van der Waals surface area (Å²) in [6, 6.07) is 9.59. The topological polar surface area (TPSA) is 95.0 Å². The Balaban J connectivity index is 2.48. The molecule has 6 nitrogen and oxygen atoms in total. The summed E-state index contributed by atoms with van der Waals surface area (Å²) in [4.78, 5) is 0. The molecular formula is C13H14N4O2. The molecule has 1 unspecified atom stereocenters. The first-order chi connectivity index (χ1) is 9.15. The van der Waals surface area contributed by atoms with Crippen LogP contribution in [0.25, 0.3) is 11.3 Å². The highest BCUT2D eigenvalue weighted by molar-refractivity contribution is 5.65. The number of benzene rings is 1. The van der Waals surface area contributed by atoms with E-state index in [0.29, 0.717) is 5.69 Å². The molecule has 1 atom stereocenters. The maximum atomic E-state index is 9.50. The van der Waals surface area contributed by atoms with Crippen molar-refractivity contribution in [1.29, 1.82) is 5.26 Å². The van der Waals surface area contributed by atoms with Crippen LogP contribution in [-0.4, -0.2) is 37.9 Å². The van der Waals surface area contributed by atoms with E-state index in [1.165, 1.54) is 4.68 Å². The van der Waals surface area contributed by atoms with Gasteiger partial charge in [0.25, 0.3) is 0 Å². The number of aryl methyl sites for hydroxylation is 1. The molecule has 6 heteroatoms. The van der Waals surface area contributed by atoms with E-state index in [9.17, 15) is 5.11 Å². The van der Waals surface area contributed by atoms with Crippen molar-refractivity contribution in [3.63, 3.8) is 0 Å². The van der Waals surface area contributed by atoms with Crippen molar-refractivity contribution >= 4 is 0 Å². The Bertz CT molecular complexity index is 615. The zero-order chi connectivity index (χ0) is 13.8. The van der Waals surface area contributed by atoms with Gasteiger partial charge >= 0.3 is 0 Å². The van der Waals surface area contributed by atoms with E-state index < -0.39 is 6.10 Å². The third-order valence-corrected chi connectivity index (χ3v) is 2.73. The Kier molecular flexibility index (Phi) is 3.90. The molecule has 0 aliphatic carbocycles. The first-order valence-electron chi connectivity index (χ1n) is 5.85. The Labute approximate surface area is 110 Å². The number of aliphatic hydroxyl groups excluding tert-OH is 2. The molecule has 2 N–H and O–H groups in total. The Morgan fingerprint density at radius 3 is 2.89 bits per heavy atom. The molecule has 2 rings (SSSR count). The minimum Gasteiger partial charge on any atom is -0.394 e. The lowest BCUT2D eigenvalue weighted by Crippen LogP contribution is -2.21. The maximum absolute atomic E-state index is 9.50. The zero-order valence-corrected chi connectivity index (χ0v) is 10.5. The standard InChI is InChI=1S/C13H14N4O2/c1-9-3-2-4-10(5-9)13-12(6-14)15-16-17(13)7-11(19)8-18/h2-5,11,18-19H,7-8H2,1H3. The number of rotatable bonds is 4. The SMILES string of the molecule is Cc1cccc(-c2c(C#N)nnn2CC(O)CO)c1. The van der Waals surface area contributed by atoms with Crippen molar-refractivity contribution in [2.45, 2.75) is 19.6 Å². The van der Waals surface area contributed by atoms with Crippen LogP contribution in [0.5, 0.6) is 0 Å². The molecule has 2 aromatic rings. The third-order valence-electron chi connectivity index (χ3n) is 2.73. The van der Waals surface area contributed by atoms with E-state index in [0.717, 1.165) is 11.1 Å². The first-order valence-corrected chi connectivity index (χ1v) is 5.85. The van der Waals surface area contributed by atoms with Gasteiger partial charge in [-0.25, -0.2) is 4.68 Å². The normalized spacial score (nSPS) is 12.1. The van der Waals surface area contributed by atoms with Crippen molar-refractivity contribution in [2.24, 2.45) is 0 Å². The lowest BCUT2D eigenvalue weighted by Gasteiger charge is -2.10. The van der Waals surface area contributed by atoms with Crippen LogP contribution in [0, 0.1) is 18.3 Å². The van der Waals surface area contributed by atoms with Gasteiger partial charge in [0.2, 0.25) is 0 Å². The van der Waals surface area contributed by atoms with E-state index in [1.807, 2.05) is 37.3 Å². The Hall–Kier alpha value is -2.23. The number of hydrogen-bond acceptors (Lipinski definition) is 5. The van der Waals surface area contributed by atoms with E-state index in [4.69, 9.17) is 10.4 Å². The van der Waals surface area contributed by atoms with Gasteiger partial charge in [0, 0.05) is 5.56 Å². The van der Waals surface area contributed by atoms with Crippen molar-refractivity contribution in [2.75, 3.05) is 6.61 Å². The van der Waals surface area contributed by atoms with Gasteiger partial charge in [0.1, 0.15) is 11.8 Å². The molecule has 19 heavy (non-hydrogen) atoms. The monoisotopic (exact) mass is 258 g/mol. The van der Waals surface area contributed by atoms with Crippen molar-refractivity contribution in [3.05, 3.63) is 35.5 Å². The number of hydrogen-bond donors (Lipinski definition) is 2. The molecule has 0 saturated heterocycles. The molecule has 1 aromatic heterocycles. The van der Waals surface area contributed by atoms with Gasteiger partial charge in [-0.15, -0.1) is 5.10 Å². The van der Waals surface area contributed by atoms with Crippen LogP contribution in [-0.2, 0) is 6.54 Å². The van der Waals surface area contributed by atoms with Crippen LogP contribution >= 0.6 is 0 Å². The largest absolute Gasteiger partial charge is 0.394 e. The highest BCUT2D eigenvalue weighted by atomic mass is 16.3. The molecule has 0 amide bonds. The summed E-state index contributed by atoms with van der Waals surface area (Å²) in [5, 5.41) is 35.1. The second kappa shape index (κ2) is 5.61. The molecule has 0 aliphatic rings. The molecule has 0 saturated carbocycles. The van der Waals surface area contributed by atoms with Crippen LogP contribution in [0.2, 0.25) is 0 Å². The molecule has 0 spiro atoms. The van der Waals surface area contributed by atoms with Crippen LogP contribution in [0.3, 0.4) is 0 Å². The molecule has 1 aromatic carbocycles. The average Bonchev–Trinajstić information content (AvgIpc) is 2.81. The van der Waals surface area contributed by atoms with E-state index in [2.05, 4.69) is 10.3 Å². The predicted octanol–water partition coefficient (Wildman–Crippen LogP) is 0.478. The van der Waals surface area contributed by atoms with Gasteiger partial charge in [-0.05, 0) is 13.0 Å². The maximum Gasteiger partial charge on any atom is 0.190 e. The Morgan fingerprint density at radius 1 is 1.47 bits per heavy atom. The Morgan fingerprint density at radius 2 is 2.26 bits per heavy atom. The highest BCUT2D eigenvalue weighted by Gasteiger charge is 2.16. The van der Waals surface area contributed by atoms with Gasteiger partial charge in [-0.2, -0.15) is 5.26 Å². The summed E-state index contributed by atoms with van der Waals surface area (Å²) in [7, 11) is 0. The molecule has 1 heterocycles. The average molecular weight is 258 g/mol. The van der Waals surface area contributed by atoms with Crippen molar-refractivity contribution in [3.8, 4) is 17.3 Å². The number of aromatic nitrogens is 3. The molecule has 98 valence electrons. The predicted molar refractivity (Wildman–Crippen MR) is 68.0 cm³/mol. The fourth-order valence-corrected chi connectivity index (χ4v) is 1.85. The summed E-state index contributed by atoms with van der Waals surface area (Å²) in [6.07, 6.45) is -0.934. The molecule has 0 bridgehead atoms. The van der Waals surface area contributed by atoms with Gasteiger partial charge in [0.15, 0.2) is 5.69 Å². The summed E-state index contributed by atoms with van der Waals surface area (Å²) >= 11 is 0. The molecule has 0 aliphatic heterocycles. The van der Waals surface area contributed by atoms with E-state index in [1.54, 1.807) is 0 Å². The molecular weight excluding hydrogens is 244 g/mol. The van der Waals surface area contributed by atoms with Gasteiger partial charge < -0.3 is 10.2 Å². The van der Waals surface area contributed by atoms with Crippen LogP contribution in [0.4, 0.5) is 0 Å². The molecule has 0 radical (unpaired) electrons. The fraction of sp³-hybridized carbons (Fsp3) is 0.308. The van der Waals surface area contributed by atoms with Crippen LogP contribution < -0.4 is 0 Å². The summed E-state index contributed by atoms with van der Waals surface area (Å²) in [5.74, 6) is 0. The van der Waals surface area contributed by atoms with E-state index in [-0.39, 0.29) is 18.8 Å². The number of aliphatic hydroxyl groups is 2. The quantitative estimate of drug-likeness (QED) is 0.831. The highest BCUT2D eigenvalue weighted by Crippen LogP contribution is 2.23. The minimum absolute atomic E-state index is 0.0917. The fourth-order valence-electron chi connectivity index (χ4n) is 1.85. The van der Waals surface area contributed by atoms with Crippen molar-refractivity contribution < 1.29 is 10.2 Å². The summed E-state index contributed by atoms with van der Waals surface area (Å²) in [5.41, 5.74) is 2.62. The molecule has 0 fully saturated rings. The second-order valence-corrected chi connectivity index (χ2v) is 4.29. The summed E-state index contributed by atoms with van der Waals surface area (Å²) < 4.78 is 1.44. The first kappa shape index (κ1) is 13.2. The summed E-state index contributed by atoms with van der Waals surface area (Å²) in [6.45, 7) is 1.68. The zero-order valence-electron chi connectivity index (χ0n) is 10.5. The lowest BCUT2D eigenvalue weighted by molar-refractivity contribution is 0.0782. The van der Waals surface area contributed by atoms with Gasteiger partial charge in [-0.3, -0.25) is 0 Å². The van der Waals surface area contributed by atoms with Gasteiger partial charge in [-0.1, -0.05) is 29.0 Å².